The van der Waals surface area contributed by atoms with Crippen LogP contribution in [0.3, 0.4) is 0 Å². The third-order valence-corrected chi connectivity index (χ3v) is 2.64. The van der Waals surface area contributed by atoms with Gasteiger partial charge in [-0.05, 0) is 32.6 Å². The Hall–Kier alpha value is -2.87. The van der Waals surface area contributed by atoms with Crippen LogP contribution in [0, 0.1) is 0 Å². The van der Waals surface area contributed by atoms with Crippen LogP contribution in [-0.2, 0) is 19.2 Å². The highest BCUT2D eigenvalue weighted by molar-refractivity contribution is 6.02. The van der Waals surface area contributed by atoms with Crippen LogP contribution in [0.4, 0.5) is 0 Å². The van der Waals surface area contributed by atoms with Crippen molar-refractivity contribution in [2.45, 2.75) is 19.4 Å². The number of hydrogen-bond donors (Lipinski definition) is 2. The molecule has 0 aliphatic rings. The molecule has 8 nitrogen and oxygen atoms in total. The van der Waals surface area contributed by atoms with Gasteiger partial charge in [-0.3, -0.25) is 0 Å². The van der Waals surface area contributed by atoms with Gasteiger partial charge in [0.25, 0.3) is 0 Å². The Bertz CT molecular complexity index is 632. The topological polar surface area (TPSA) is 119 Å². The number of carboxylic acid groups (broad SMARTS) is 1. The summed E-state index contributed by atoms with van der Waals surface area (Å²) in [6.07, 6.45) is 0. The first-order valence-electron chi connectivity index (χ1n) is 6.41. The zero-order chi connectivity index (χ0) is 17.6. The maximum atomic E-state index is 12.0. The fourth-order valence-electron chi connectivity index (χ4n) is 1.54. The maximum absolute atomic E-state index is 12.0. The molecule has 8 heteroatoms. The molecule has 0 saturated heterocycles. The third kappa shape index (κ3) is 5.11. The number of ether oxygens (including phenoxy) is 2. The van der Waals surface area contributed by atoms with Gasteiger partial charge >= 0.3 is 17.9 Å². The lowest BCUT2D eigenvalue weighted by atomic mass is 10.1. The number of esters is 2. The number of rotatable bonds is 7. The van der Waals surface area contributed by atoms with Crippen molar-refractivity contribution >= 4 is 17.9 Å². The fraction of sp³-hybridized carbons (Fsp3) is 0.267. The van der Waals surface area contributed by atoms with E-state index in [1.54, 1.807) is 0 Å². The Labute approximate surface area is 131 Å². The van der Waals surface area contributed by atoms with Crippen molar-refractivity contribution in [2.75, 3.05) is 6.61 Å². The van der Waals surface area contributed by atoms with E-state index in [0.29, 0.717) is 0 Å². The Morgan fingerprint density at radius 2 is 1.74 bits per heavy atom. The third-order valence-electron chi connectivity index (χ3n) is 2.64. The van der Waals surface area contributed by atoms with Gasteiger partial charge in [-0.25, -0.2) is 19.6 Å². The van der Waals surface area contributed by atoms with Crippen molar-refractivity contribution in [3.63, 3.8) is 0 Å². The maximum Gasteiger partial charge on any atom is 0.377 e. The minimum Gasteiger partial charge on any atom is -0.478 e. The molecule has 124 valence electrons. The van der Waals surface area contributed by atoms with E-state index in [1.165, 1.54) is 38.1 Å². The van der Waals surface area contributed by atoms with Gasteiger partial charge in [-0.15, -0.1) is 0 Å². The van der Waals surface area contributed by atoms with Crippen LogP contribution in [0.15, 0.2) is 36.6 Å². The molecule has 0 aliphatic carbocycles. The summed E-state index contributed by atoms with van der Waals surface area (Å²) in [5.41, 5.74) is -1.56. The smallest absolute Gasteiger partial charge is 0.377 e. The van der Waals surface area contributed by atoms with Crippen LogP contribution in [0.2, 0.25) is 0 Å². The largest absolute Gasteiger partial charge is 0.478 e. The second kappa shape index (κ2) is 7.41. The van der Waals surface area contributed by atoms with E-state index in [0.717, 1.165) is 0 Å². The highest BCUT2D eigenvalue weighted by Crippen LogP contribution is 2.16. The average Bonchev–Trinajstić information content (AvgIpc) is 2.51. The Morgan fingerprint density at radius 1 is 1.17 bits per heavy atom. The predicted octanol–water partition coefficient (Wildman–Crippen LogP) is 1.87. The van der Waals surface area contributed by atoms with Crippen molar-refractivity contribution in [3.8, 4) is 0 Å². The molecule has 0 aliphatic heterocycles. The minimum atomic E-state index is -1.26. The molecule has 0 bridgehead atoms. The van der Waals surface area contributed by atoms with Gasteiger partial charge in [0.1, 0.15) is 12.2 Å². The lowest BCUT2D eigenvalue weighted by Crippen LogP contribution is -2.35. The van der Waals surface area contributed by atoms with Gasteiger partial charge in [-0.2, -0.15) is 0 Å². The van der Waals surface area contributed by atoms with E-state index in [-0.39, 0.29) is 17.7 Å². The summed E-state index contributed by atoms with van der Waals surface area (Å²) in [7, 11) is 0. The molecule has 0 aromatic heterocycles. The van der Waals surface area contributed by atoms with E-state index >= 15 is 0 Å². The van der Waals surface area contributed by atoms with Gasteiger partial charge in [0, 0.05) is 0 Å². The second-order valence-corrected chi connectivity index (χ2v) is 5.09. The number of aromatic carboxylic acids is 1. The highest BCUT2D eigenvalue weighted by Gasteiger charge is 2.28. The number of benzene rings is 1. The summed E-state index contributed by atoms with van der Waals surface area (Å²) in [6, 6.07) is 5.56. The van der Waals surface area contributed by atoms with Gasteiger partial charge in [0.05, 0.1) is 11.1 Å². The first-order valence-corrected chi connectivity index (χ1v) is 6.41. The van der Waals surface area contributed by atoms with E-state index < -0.39 is 29.3 Å². The lowest BCUT2D eigenvalue weighted by Gasteiger charge is -2.24. The van der Waals surface area contributed by atoms with E-state index in [1.807, 2.05) is 0 Å². The second-order valence-electron chi connectivity index (χ2n) is 5.09. The molecule has 0 unspecified atom stereocenters. The Morgan fingerprint density at radius 3 is 2.26 bits per heavy atom. The van der Waals surface area contributed by atoms with E-state index in [9.17, 15) is 14.4 Å². The molecular weight excluding hydrogens is 308 g/mol. The predicted molar refractivity (Wildman–Crippen MR) is 76.7 cm³/mol. The zero-order valence-electron chi connectivity index (χ0n) is 12.6. The van der Waals surface area contributed by atoms with Crippen molar-refractivity contribution in [2.24, 2.45) is 0 Å². The zero-order valence-corrected chi connectivity index (χ0v) is 12.6. The normalized spacial score (nSPS) is 10.6. The molecule has 0 amide bonds. The van der Waals surface area contributed by atoms with Crippen molar-refractivity contribution < 1.29 is 39.1 Å². The Kier molecular flexibility index (Phi) is 5.86. The number of hydrogen-bond acceptors (Lipinski definition) is 7. The molecular formula is C15H16O8. The summed E-state index contributed by atoms with van der Waals surface area (Å²) in [5, 5.41) is 17.3. The standard InChI is InChI=1S/C15H16O8/c1-9(23-20)13(18)22-15(2,3)8-21-14(19)11-7-5-4-6-10(11)12(16)17/h4-7,20H,1,8H2,2-3H3,(H,16,17). The molecule has 23 heavy (non-hydrogen) atoms. The van der Waals surface area contributed by atoms with E-state index in [2.05, 4.69) is 11.5 Å². The summed E-state index contributed by atoms with van der Waals surface area (Å²) >= 11 is 0. The van der Waals surface area contributed by atoms with Crippen LogP contribution >= 0.6 is 0 Å². The first kappa shape index (κ1) is 18.2. The summed E-state index contributed by atoms with van der Waals surface area (Å²) < 4.78 is 9.92. The van der Waals surface area contributed by atoms with Gasteiger partial charge in [0.2, 0.25) is 5.76 Å². The minimum absolute atomic E-state index is 0.120. The average molecular weight is 324 g/mol. The van der Waals surface area contributed by atoms with Gasteiger partial charge < -0.3 is 19.5 Å². The summed E-state index contributed by atoms with van der Waals surface area (Å²) in [4.78, 5) is 38.1. The number of carbonyl (C=O) groups is 3. The Balaban J connectivity index is 2.74. The number of carbonyl (C=O) groups excluding carboxylic acids is 2. The molecule has 0 heterocycles. The van der Waals surface area contributed by atoms with Crippen LogP contribution in [0.1, 0.15) is 34.6 Å². The van der Waals surface area contributed by atoms with Crippen LogP contribution in [-0.4, -0.2) is 40.5 Å². The van der Waals surface area contributed by atoms with Crippen LogP contribution in [0.5, 0.6) is 0 Å². The summed E-state index contributed by atoms with van der Waals surface area (Å²) in [5.74, 6) is -3.79. The molecule has 0 radical (unpaired) electrons. The molecule has 0 atom stereocenters. The molecule has 1 rings (SSSR count). The molecule has 1 aromatic rings. The van der Waals surface area contributed by atoms with Crippen molar-refractivity contribution in [3.05, 3.63) is 47.7 Å². The SMILES string of the molecule is C=C(OO)C(=O)OC(C)(C)COC(=O)c1ccccc1C(=O)O. The highest BCUT2D eigenvalue weighted by atomic mass is 17.1. The summed E-state index contributed by atoms with van der Waals surface area (Å²) in [6.45, 7) is 5.67. The monoisotopic (exact) mass is 324 g/mol. The van der Waals surface area contributed by atoms with Crippen molar-refractivity contribution in [1.82, 2.24) is 0 Å². The van der Waals surface area contributed by atoms with Gasteiger partial charge in [-0.1, -0.05) is 12.1 Å². The molecule has 0 saturated carbocycles. The molecule has 1 aromatic carbocycles. The number of carboxylic acids is 1. The lowest BCUT2D eigenvalue weighted by molar-refractivity contribution is -0.216. The first-order chi connectivity index (χ1) is 10.7. The van der Waals surface area contributed by atoms with Gasteiger partial charge in [0.15, 0.2) is 0 Å². The quantitative estimate of drug-likeness (QED) is 0.256. The fourth-order valence-corrected chi connectivity index (χ4v) is 1.54. The van der Waals surface area contributed by atoms with Crippen LogP contribution in [0.25, 0.3) is 0 Å². The van der Waals surface area contributed by atoms with Crippen LogP contribution < -0.4 is 0 Å². The molecule has 2 N–H and O–H groups in total. The molecule has 0 spiro atoms. The molecule has 0 fully saturated rings. The van der Waals surface area contributed by atoms with E-state index in [4.69, 9.17) is 19.8 Å². The van der Waals surface area contributed by atoms with Crippen molar-refractivity contribution in [1.29, 1.82) is 0 Å².